The van der Waals surface area contributed by atoms with Crippen molar-refractivity contribution in [1.29, 1.82) is 0 Å². The summed E-state index contributed by atoms with van der Waals surface area (Å²) in [5.41, 5.74) is 8.43. The lowest BCUT2D eigenvalue weighted by molar-refractivity contribution is 0.672. The van der Waals surface area contributed by atoms with E-state index in [0.717, 1.165) is 29.6 Å². The highest BCUT2D eigenvalue weighted by molar-refractivity contribution is 7.84. The zero-order valence-electron chi connectivity index (χ0n) is 11.2. The van der Waals surface area contributed by atoms with E-state index in [0.29, 0.717) is 5.69 Å². The maximum absolute atomic E-state index is 11.3. The highest BCUT2D eigenvalue weighted by atomic mass is 32.2. The molecule has 19 heavy (non-hydrogen) atoms. The first-order valence-corrected chi connectivity index (χ1v) is 7.91. The maximum Gasteiger partial charge on any atom is 0.0951 e. The lowest BCUT2D eigenvalue weighted by atomic mass is 10.1. The van der Waals surface area contributed by atoms with Gasteiger partial charge in [-0.05, 0) is 30.7 Å². The molecule has 2 atom stereocenters. The molecule has 0 saturated heterocycles. The fourth-order valence-electron chi connectivity index (χ4n) is 1.92. The van der Waals surface area contributed by atoms with Crippen LogP contribution in [-0.4, -0.2) is 27.2 Å². The van der Waals surface area contributed by atoms with Crippen LogP contribution in [0.1, 0.15) is 13.3 Å². The average Bonchev–Trinajstić information content (AvgIpc) is 2.41. The molecule has 0 saturated carbocycles. The number of nitrogens with one attached hydrogen (secondary N) is 1. The molecule has 2 unspecified atom stereocenters. The molecule has 2 aromatic rings. The van der Waals surface area contributed by atoms with Crippen molar-refractivity contribution in [1.82, 2.24) is 4.98 Å². The summed E-state index contributed by atoms with van der Waals surface area (Å²) in [6.07, 6.45) is 4.35. The molecule has 1 aromatic carbocycles. The minimum Gasteiger partial charge on any atom is -0.397 e. The van der Waals surface area contributed by atoms with E-state index in [2.05, 4.69) is 10.3 Å². The second-order valence-corrected chi connectivity index (χ2v) is 6.43. The number of hydrogen-bond donors (Lipinski definition) is 2. The van der Waals surface area contributed by atoms with Gasteiger partial charge in [0.25, 0.3) is 0 Å². The topological polar surface area (TPSA) is 68.0 Å². The standard InChI is InChI=1S/C14H19N3OS/c1-10(19(2)18)7-9-16-13-6-5-12(15)14-11(13)4-3-8-17-14/h3-6,8,10,16H,7,9,15H2,1-2H3. The van der Waals surface area contributed by atoms with Gasteiger partial charge in [0.2, 0.25) is 0 Å². The summed E-state index contributed by atoms with van der Waals surface area (Å²) in [4.78, 5) is 4.30. The number of nitrogens with zero attached hydrogens (tertiary/aromatic N) is 1. The van der Waals surface area contributed by atoms with Gasteiger partial charge in [0.05, 0.1) is 11.2 Å². The van der Waals surface area contributed by atoms with Crippen molar-refractivity contribution in [2.75, 3.05) is 23.9 Å². The van der Waals surface area contributed by atoms with Crippen molar-refractivity contribution in [2.24, 2.45) is 0 Å². The smallest absolute Gasteiger partial charge is 0.0951 e. The van der Waals surface area contributed by atoms with E-state index in [1.807, 2.05) is 31.2 Å². The number of hydrogen-bond acceptors (Lipinski definition) is 4. The van der Waals surface area contributed by atoms with Gasteiger partial charge < -0.3 is 11.1 Å². The first kappa shape index (κ1) is 13.8. The predicted octanol–water partition coefficient (Wildman–Crippen LogP) is 2.39. The van der Waals surface area contributed by atoms with Crippen LogP contribution in [0.15, 0.2) is 30.5 Å². The van der Waals surface area contributed by atoms with E-state index in [-0.39, 0.29) is 5.25 Å². The second kappa shape index (κ2) is 6.02. The van der Waals surface area contributed by atoms with E-state index in [4.69, 9.17) is 5.73 Å². The minimum atomic E-state index is -0.771. The van der Waals surface area contributed by atoms with E-state index in [1.165, 1.54) is 0 Å². The number of aromatic nitrogens is 1. The van der Waals surface area contributed by atoms with Gasteiger partial charge in [0.1, 0.15) is 0 Å². The van der Waals surface area contributed by atoms with Crippen molar-refractivity contribution in [3.63, 3.8) is 0 Å². The quantitative estimate of drug-likeness (QED) is 0.823. The maximum atomic E-state index is 11.3. The Labute approximate surface area is 115 Å². The van der Waals surface area contributed by atoms with Gasteiger partial charge in [-0.2, -0.15) is 0 Å². The first-order valence-electron chi connectivity index (χ1n) is 6.29. The van der Waals surface area contributed by atoms with Gasteiger partial charge in [-0.25, -0.2) is 0 Å². The van der Waals surface area contributed by atoms with Crippen molar-refractivity contribution in [3.05, 3.63) is 30.5 Å². The summed E-state index contributed by atoms with van der Waals surface area (Å²) in [5.74, 6) is 0. The van der Waals surface area contributed by atoms with Crippen LogP contribution in [0.3, 0.4) is 0 Å². The van der Waals surface area contributed by atoms with Gasteiger partial charge in [0.15, 0.2) is 0 Å². The molecule has 0 spiro atoms. The molecule has 5 heteroatoms. The van der Waals surface area contributed by atoms with Gasteiger partial charge in [-0.1, -0.05) is 6.92 Å². The van der Waals surface area contributed by atoms with Crippen LogP contribution < -0.4 is 11.1 Å². The van der Waals surface area contributed by atoms with Crippen LogP contribution in [0.25, 0.3) is 10.9 Å². The van der Waals surface area contributed by atoms with Gasteiger partial charge >= 0.3 is 0 Å². The zero-order valence-corrected chi connectivity index (χ0v) is 12.0. The monoisotopic (exact) mass is 277 g/mol. The molecular weight excluding hydrogens is 258 g/mol. The Hall–Kier alpha value is -1.62. The van der Waals surface area contributed by atoms with Crippen LogP contribution in [0.4, 0.5) is 11.4 Å². The summed E-state index contributed by atoms with van der Waals surface area (Å²) in [7, 11) is -0.771. The molecule has 1 heterocycles. The molecule has 1 aromatic heterocycles. The summed E-state index contributed by atoms with van der Waals surface area (Å²) in [6.45, 7) is 2.79. The lowest BCUT2D eigenvalue weighted by Crippen LogP contribution is -2.15. The molecule has 0 bridgehead atoms. The molecule has 4 nitrogen and oxygen atoms in total. The van der Waals surface area contributed by atoms with E-state index in [1.54, 1.807) is 12.5 Å². The summed E-state index contributed by atoms with van der Waals surface area (Å²) < 4.78 is 11.3. The highest BCUT2D eigenvalue weighted by Gasteiger charge is 2.07. The fourth-order valence-corrected chi connectivity index (χ4v) is 2.37. The first-order chi connectivity index (χ1) is 9.09. The molecule has 102 valence electrons. The average molecular weight is 277 g/mol. The Bertz CT molecular complexity index is 600. The Morgan fingerprint density at radius 3 is 2.95 bits per heavy atom. The Balaban J connectivity index is 2.13. The molecule has 3 N–H and O–H groups in total. The van der Waals surface area contributed by atoms with Crippen molar-refractivity contribution >= 4 is 33.1 Å². The predicted molar refractivity (Wildman–Crippen MR) is 82.8 cm³/mol. The van der Waals surface area contributed by atoms with E-state index >= 15 is 0 Å². The molecule has 0 aliphatic heterocycles. The number of anilines is 2. The van der Waals surface area contributed by atoms with Crippen molar-refractivity contribution in [3.8, 4) is 0 Å². The third-order valence-corrected chi connectivity index (χ3v) is 4.60. The summed E-state index contributed by atoms with van der Waals surface area (Å²) in [5, 5.41) is 4.59. The lowest BCUT2D eigenvalue weighted by Gasteiger charge is -2.12. The third kappa shape index (κ3) is 3.23. The second-order valence-electron chi connectivity index (χ2n) is 4.63. The summed E-state index contributed by atoms with van der Waals surface area (Å²) >= 11 is 0. The molecule has 0 aliphatic rings. The Morgan fingerprint density at radius 2 is 2.21 bits per heavy atom. The van der Waals surface area contributed by atoms with E-state index < -0.39 is 10.8 Å². The summed E-state index contributed by atoms with van der Waals surface area (Å²) in [6, 6.07) is 7.73. The zero-order chi connectivity index (χ0) is 13.8. The van der Waals surface area contributed by atoms with Crippen LogP contribution in [0, 0.1) is 0 Å². The van der Waals surface area contributed by atoms with Crippen LogP contribution in [0.5, 0.6) is 0 Å². The van der Waals surface area contributed by atoms with Crippen LogP contribution >= 0.6 is 0 Å². The SMILES string of the molecule is CC(CCNc1ccc(N)c2ncccc12)S(C)=O. The molecule has 0 radical (unpaired) electrons. The van der Waals surface area contributed by atoms with Crippen LogP contribution in [-0.2, 0) is 10.8 Å². The third-order valence-electron chi connectivity index (χ3n) is 3.23. The molecular formula is C14H19N3OS. The molecule has 0 fully saturated rings. The van der Waals surface area contributed by atoms with Gasteiger partial charge in [-0.15, -0.1) is 0 Å². The molecule has 0 amide bonds. The number of fused-ring (bicyclic) bond motifs is 1. The minimum absolute atomic E-state index is 0.200. The highest BCUT2D eigenvalue weighted by Crippen LogP contribution is 2.26. The van der Waals surface area contributed by atoms with Crippen molar-refractivity contribution in [2.45, 2.75) is 18.6 Å². The van der Waals surface area contributed by atoms with Crippen LogP contribution in [0.2, 0.25) is 0 Å². The number of nitrogen functional groups attached to an aromatic ring is 1. The largest absolute Gasteiger partial charge is 0.397 e. The van der Waals surface area contributed by atoms with Crippen molar-refractivity contribution < 1.29 is 4.21 Å². The Morgan fingerprint density at radius 1 is 1.42 bits per heavy atom. The van der Waals surface area contributed by atoms with E-state index in [9.17, 15) is 4.21 Å². The molecule has 2 rings (SSSR count). The number of benzene rings is 1. The van der Waals surface area contributed by atoms with Gasteiger partial charge in [-0.3, -0.25) is 9.19 Å². The normalized spacial score (nSPS) is 14.2. The number of rotatable bonds is 5. The Kier molecular flexibility index (Phi) is 4.37. The number of nitrogens with two attached hydrogens (primary N) is 1. The fraction of sp³-hybridized carbons (Fsp3) is 0.357. The number of pyridine rings is 1. The molecule has 0 aliphatic carbocycles. The van der Waals surface area contributed by atoms with Gasteiger partial charge in [0, 0.05) is 46.1 Å².